The summed E-state index contributed by atoms with van der Waals surface area (Å²) in [5, 5.41) is 4.09. The molecule has 152 valence electrons. The van der Waals surface area contributed by atoms with Gasteiger partial charge in [0.05, 0.1) is 18.9 Å². The lowest BCUT2D eigenvalue weighted by Gasteiger charge is -2.38. The van der Waals surface area contributed by atoms with Crippen LogP contribution >= 0.6 is 0 Å². The molecule has 1 unspecified atom stereocenters. The number of nitrogens with zero attached hydrogens (tertiary/aromatic N) is 6. The Hall–Kier alpha value is -2.19. The maximum absolute atomic E-state index is 5.44. The number of hydrogen-bond acceptors (Lipinski definition) is 8. The molecule has 8 nitrogen and oxygen atoms in total. The molecule has 2 saturated heterocycles. The minimum atomic E-state index is 0.432. The van der Waals surface area contributed by atoms with Crippen molar-refractivity contribution in [1.82, 2.24) is 20.0 Å². The van der Waals surface area contributed by atoms with E-state index in [1.54, 1.807) is 0 Å². The molecule has 1 atom stereocenters. The highest BCUT2D eigenvalue weighted by Crippen LogP contribution is 2.24. The van der Waals surface area contributed by atoms with Crippen molar-refractivity contribution in [2.24, 2.45) is 0 Å². The van der Waals surface area contributed by atoms with Gasteiger partial charge in [0.15, 0.2) is 0 Å². The van der Waals surface area contributed by atoms with E-state index in [0.29, 0.717) is 6.04 Å². The second kappa shape index (κ2) is 8.45. The number of aromatic nitrogens is 3. The maximum Gasteiger partial charge on any atom is 0.227 e. The van der Waals surface area contributed by atoms with Crippen LogP contribution in [0.1, 0.15) is 29.9 Å². The van der Waals surface area contributed by atoms with E-state index in [-0.39, 0.29) is 0 Å². The Labute approximate surface area is 166 Å². The molecule has 0 aliphatic carbocycles. The van der Waals surface area contributed by atoms with E-state index >= 15 is 0 Å². The molecule has 0 amide bonds. The minimum absolute atomic E-state index is 0.432. The molecule has 2 aliphatic rings. The molecule has 2 aromatic heterocycles. The van der Waals surface area contributed by atoms with E-state index in [2.05, 4.69) is 31.9 Å². The van der Waals surface area contributed by atoms with Crippen LogP contribution in [0.5, 0.6) is 0 Å². The fraction of sp³-hybridized carbons (Fsp3) is 0.650. The van der Waals surface area contributed by atoms with Gasteiger partial charge in [-0.1, -0.05) is 5.16 Å². The number of likely N-dealkylation sites (N-methyl/N-ethyl adjacent to an activating group) is 1. The van der Waals surface area contributed by atoms with Gasteiger partial charge < -0.3 is 19.1 Å². The lowest BCUT2D eigenvalue weighted by Crippen LogP contribution is -2.46. The molecule has 8 heteroatoms. The van der Waals surface area contributed by atoms with E-state index in [9.17, 15) is 0 Å². The van der Waals surface area contributed by atoms with E-state index in [0.717, 1.165) is 69.2 Å². The van der Waals surface area contributed by atoms with Crippen molar-refractivity contribution in [3.8, 4) is 0 Å². The number of likely N-dealkylation sites (tertiary alicyclic amines) is 1. The van der Waals surface area contributed by atoms with Crippen molar-refractivity contribution in [3.63, 3.8) is 0 Å². The van der Waals surface area contributed by atoms with E-state index in [1.165, 1.54) is 18.4 Å². The topological polar surface area (TPSA) is 70.8 Å². The second-order valence-corrected chi connectivity index (χ2v) is 7.76. The van der Waals surface area contributed by atoms with Crippen LogP contribution in [0, 0.1) is 13.8 Å². The van der Waals surface area contributed by atoms with Crippen LogP contribution in [-0.2, 0) is 11.3 Å². The SMILES string of the molecule is Cc1noc(C)c1CN1CCCC(N(C)c2ccnc(N3CCOCC3)n2)C1. The van der Waals surface area contributed by atoms with Gasteiger partial charge in [0.25, 0.3) is 0 Å². The Kier molecular flexibility index (Phi) is 5.77. The Bertz CT molecular complexity index is 769. The van der Waals surface area contributed by atoms with Gasteiger partial charge in [-0.3, -0.25) is 4.90 Å². The largest absolute Gasteiger partial charge is 0.378 e. The van der Waals surface area contributed by atoms with Crippen molar-refractivity contribution in [2.45, 2.75) is 39.3 Å². The monoisotopic (exact) mass is 386 g/mol. The predicted molar refractivity (Wildman–Crippen MR) is 108 cm³/mol. The number of ether oxygens (including phenoxy) is 1. The number of anilines is 2. The lowest BCUT2D eigenvalue weighted by molar-refractivity contribution is 0.122. The van der Waals surface area contributed by atoms with Gasteiger partial charge in [-0.2, -0.15) is 4.98 Å². The first-order chi connectivity index (χ1) is 13.6. The highest BCUT2D eigenvalue weighted by Gasteiger charge is 2.26. The van der Waals surface area contributed by atoms with E-state index < -0.39 is 0 Å². The first kappa shape index (κ1) is 19.1. The van der Waals surface area contributed by atoms with Gasteiger partial charge in [-0.05, 0) is 39.3 Å². The molecule has 0 saturated carbocycles. The standard InChI is InChI=1S/C20H30N6O2/c1-15-18(16(2)28-23-15)14-25-8-4-5-17(13-25)24(3)19-6-7-21-20(22-19)26-9-11-27-12-10-26/h6-7,17H,4-5,8-14H2,1-3H3. The number of hydrogen-bond donors (Lipinski definition) is 0. The Balaban J connectivity index is 1.43. The third-order valence-corrected chi connectivity index (χ3v) is 5.87. The minimum Gasteiger partial charge on any atom is -0.378 e. The van der Waals surface area contributed by atoms with Crippen molar-refractivity contribution < 1.29 is 9.26 Å². The summed E-state index contributed by atoms with van der Waals surface area (Å²) in [4.78, 5) is 16.3. The first-order valence-electron chi connectivity index (χ1n) is 10.1. The summed E-state index contributed by atoms with van der Waals surface area (Å²) < 4.78 is 10.8. The molecule has 2 aliphatic heterocycles. The summed E-state index contributed by atoms with van der Waals surface area (Å²) in [7, 11) is 2.15. The third-order valence-electron chi connectivity index (χ3n) is 5.87. The smallest absolute Gasteiger partial charge is 0.227 e. The van der Waals surface area contributed by atoms with Gasteiger partial charge >= 0.3 is 0 Å². The normalized spacial score (nSPS) is 21.1. The fourth-order valence-electron chi connectivity index (χ4n) is 4.08. The first-order valence-corrected chi connectivity index (χ1v) is 10.1. The molecular formula is C20H30N6O2. The van der Waals surface area contributed by atoms with Crippen LogP contribution in [0.4, 0.5) is 11.8 Å². The average molecular weight is 387 g/mol. The molecule has 0 aromatic carbocycles. The van der Waals surface area contributed by atoms with Gasteiger partial charge in [0, 0.05) is 51.0 Å². The molecule has 2 aromatic rings. The fourth-order valence-corrected chi connectivity index (χ4v) is 4.08. The summed E-state index contributed by atoms with van der Waals surface area (Å²) in [5.41, 5.74) is 2.22. The number of aryl methyl sites for hydroxylation is 2. The molecule has 28 heavy (non-hydrogen) atoms. The van der Waals surface area contributed by atoms with Crippen LogP contribution in [-0.4, -0.2) is 72.5 Å². The molecule has 2 fully saturated rings. The molecule has 0 radical (unpaired) electrons. The maximum atomic E-state index is 5.44. The van der Waals surface area contributed by atoms with Crippen LogP contribution in [0.2, 0.25) is 0 Å². The van der Waals surface area contributed by atoms with E-state index in [4.69, 9.17) is 14.2 Å². The van der Waals surface area contributed by atoms with Crippen molar-refractivity contribution in [1.29, 1.82) is 0 Å². The predicted octanol–water partition coefficient (Wildman–Crippen LogP) is 2.02. The summed E-state index contributed by atoms with van der Waals surface area (Å²) in [5.74, 6) is 2.72. The van der Waals surface area contributed by atoms with Crippen molar-refractivity contribution >= 4 is 11.8 Å². The van der Waals surface area contributed by atoms with Crippen LogP contribution in [0.3, 0.4) is 0 Å². The Morgan fingerprint density at radius 1 is 1.21 bits per heavy atom. The molecule has 4 rings (SSSR count). The molecule has 0 N–H and O–H groups in total. The van der Waals surface area contributed by atoms with Crippen LogP contribution in [0.15, 0.2) is 16.8 Å². The molecular weight excluding hydrogens is 356 g/mol. The third kappa shape index (κ3) is 4.12. The second-order valence-electron chi connectivity index (χ2n) is 7.76. The van der Waals surface area contributed by atoms with Crippen LogP contribution < -0.4 is 9.80 Å². The quantitative estimate of drug-likeness (QED) is 0.773. The summed E-state index contributed by atoms with van der Waals surface area (Å²) >= 11 is 0. The van der Waals surface area contributed by atoms with Crippen molar-refractivity contribution in [3.05, 3.63) is 29.3 Å². The van der Waals surface area contributed by atoms with Gasteiger partial charge in [-0.15, -0.1) is 0 Å². The molecule has 0 spiro atoms. The highest BCUT2D eigenvalue weighted by atomic mass is 16.5. The van der Waals surface area contributed by atoms with Crippen molar-refractivity contribution in [2.75, 3.05) is 56.2 Å². The Morgan fingerprint density at radius 2 is 2.04 bits per heavy atom. The zero-order valence-electron chi connectivity index (χ0n) is 17.1. The zero-order chi connectivity index (χ0) is 19.5. The zero-order valence-corrected chi connectivity index (χ0v) is 17.1. The number of rotatable bonds is 5. The number of piperidine rings is 1. The lowest BCUT2D eigenvalue weighted by atomic mass is 10.0. The van der Waals surface area contributed by atoms with E-state index in [1.807, 2.05) is 26.1 Å². The van der Waals surface area contributed by atoms with Gasteiger partial charge in [0.1, 0.15) is 11.6 Å². The summed E-state index contributed by atoms with van der Waals surface area (Å²) in [6.07, 6.45) is 4.22. The van der Waals surface area contributed by atoms with Gasteiger partial charge in [-0.25, -0.2) is 4.98 Å². The molecule has 0 bridgehead atoms. The van der Waals surface area contributed by atoms with Gasteiger partial charge in [0.2, 0.25) is 5.95 Å². The average Bonchev–Trinajstić information content (AvgIpc) is 3.06. The number of morpholine rings is 1. The van der Waals surface area contributed by atoms with Crippen LogP contribution in [0.25, 0.3) is 0 Å². The Morgan fingerprint density at radius 3 is 2.79 bits per heavy atom. The molecule has 4 heterocycles. The summed E-state index contributed by atoms with van der Waals surface area (Å²) in [6.45, 7) is 10.2. The summed E-state index contributed by atoms with van der Waals surface area (Å²) in [6, 6.07) is 2.44. The highest BCUT2D eigenvalue weighted by molar-refractivity contribution is 5.44.